The van der Waals surface area contributed by atoms with Gasteiger partial charge in [0.2, 0.25) is 0 Å². The second-order valence-electron chi connectivity index (χ2n) is 4.52. The Labute approximate surface area is 116 Å². The average Bonchev–Trinajstić information content (AvgIpc) is 2.37. The molecule has 0 saturated heterocycles. The van der Waals surface area contributed by atoms with Crippen molar-refractivity contribution in [2.45, 2.75) is 58.0 Å². The Kier molecular flexibility index (Phi) is 12.2. The van der Waals surface area contributed by atoms with Crippen molar-refractivity contribution in [1.29, 1.82) is 0 Å². The molecule has 2 N–H and O–H groups in total. The van der Waals surface area contributed by atoms with Gasteiger partial charge in [-0.2, -0.15) is 0 Å². The molecule has 0 aromatic heterocycles. The molecule has 1 atom stereocenters. The van der Waals surface area contributed by atoms with E-state index in [0.717, 1.165) is 6.42 Å². The normalized spacial score (nSPS) is 13.8. The summed E-state index contributed by atoms with van der Waals surface area (Å²) in [6.07, 6.45) is 16.8. The van der Waals surface area contributed by atoms with Crippen molar-refractivity contribution in [2.24, 2.45) is 0 Å². The van der Waals surface area contributed by atoms with Crippen LogP contribution >= 0.6 is 0 Å². The predicted octanol–water partition coefficient (Wildman–Crippen LogP) is 3.85. The molecule has 0 unspecified atom stereocenters. The highest BCUT2D eigenvalue weighted by molar-refractivity contribution is 5.66. The highest BCUT2D eigenvalue weighted by Gasteiger charge is 1.93. The molecule has 0 bridgehead atoms. The number of unbranched alkanes of at least 4 members (excludes halogenated alkanes) is 3. The molecular formula is C16H26O3. The van der Waals surface area contributed by atoms with Gasteiger partial charge in [0, 0.05) is 6.42 Å². The maximum absolute atomic E-state index is 10.3. The minimum atomic E-state index is -0.790. The Balaban J connectivity index is 3.61. The molecular weight excluding hydrogens is 240 g/mol. The predicted molar refractivity (Wildman–Crippen MR) is 79.1 cm³/mol. The monoisotopic (exact) mass is 266 g/mol. The van der Waals surface area contributed by atoms with Crippen LogP contribution in [0.4, 0.5) is 0 Å². The number of allylic oxidation sites excluding steroid dienone is 4. The highest BCUT2D eigenvalue weighted by Crippen LogP contribution is 2.02. The van der Waals surface area contributed by atoms with Crippen LogP contribution in [0.2, 0.25) is 0 Å². The van der Waals surface area contributed by atoms with Gasteiger partial charge in [-0.05, 0) is 25.7 Å². The van der Waals surface area contributed by atoms with Crippen molar-refractivity contribution in [3.8, 4) is 0 Å². The Morgan fingerprint density at radius 3 is 2.58 bits per heavy atom. The SMILES string of the molecule is CCCCC/C=C/C[C@@H](O)/C=C/C=C/CCC(=O)O. The van der Waals surface area contributed by atoms with Gasteiger partial charge in [0.25, 0.3) is 0 Å². The molecule has 3 heteroatoms. The summed E-state index contributed by atoms with van der Waals surface area (Å²) >= 11 is 0. The van der Waals surface area contributed by atoms with E-state index in [-0.39, 0.29) is 6.42 Å². The maximum atomic E-state index is 10.3. The van der Waals surface area contributed by atoms with Crippen LogP contribution in [0.5, 0.6) is 0 Å². The van der Waals surface area contributed by atoms with Crippen molar-refractivity contribution in [1.82, 2.24) is 0 Å². The fourth-order valence-electron chi connectivity index (χ4n) is 1.52. The van der Waals surface area contributed by atoms with E-state index in [1.54, 1.807) is 24.3 Å². The first-order valence-electron chi connectivity index (χ1n) is 7.05. The maximum Gasteiger partial charge on any atom is 0.303 e. The van der Waals surface area contributed by atoms with Crippen LogP contribution < -0.4 is 0 Å². The van der Waals surface area contributed by atoms with Crippen molar-refractivity contribution in [3.63, 3.8) is 0 Å². The minimum Gasteiger partial charge on any atom is -0.481 e. The Bertz CT molecular complexity index is 303. The van der Waals surface area contributed by atoms with Gasteiger partial charge in [-0.15, -0.1) is 0 Å². The summed E-state index contributed by atoms with van der Waals surface area (Å²) in [7, 11) is 0. The number of rotatable bonds is 11. The molecule has 0 amide bonds. The second-order valence-corrected chi connectivity index (χ2v) is 4.52. The first kappa shape index (κ1) is 17.6. The lowest BCUT2D eigenvalue weighted by Crippen LogP contribution is -1.98. The zero-order valence-corrected chi connectivity index (χ0v) is 11.8. The van der Waals surface area contributed by atoms with E-state index in [9.17, 15) is 9.90 Å². The zero-order chi connectivity index (χ0) is 14.3. The first-order valence-corrected chi connectivity index (χ1v) is 7.05. The summed E-state index contributed by atoms with van der Waals surface area (Å²) in [5, 5.41) is 18.1. The molecule has 0 saturated carbocycles. The number of hydrogen-bond acceptors (Lipinski definition) is 2. The molecule has 0 radical (unpaired) electrons. The molecule has 0 aromatic rings. The van der Waals surface area contributed by atoms with Gasteiger partial charge in [-0.25, -0.2) is 0 Å². The summed E-state index contributed by atoms with van der Waals surface area (Å²) in [6.45, 7) is 2.18. The summed E-state index contributed by atoms with van der Waals surface area (Å²) in [5.41, 5.74) is 0. The highest BCUT2D eigenvalue weighted by atomic mass is 16.4. The van der Waals surface area contributed by atoms with Gasteiger partial charge in [-0.3, -0.25) is 4.79 Å². The van der Waals surface area contributed by atoms with Crippen LogP contribution in [-0.2, 0) is 4.79 Å². The number of carboxylic acids is 1. The number of aliphatic carboxylic acids is 1. The fourth-order valence-corrected chi connectivity index (χ4v) is 1.52. The van der Waals surface area contributed by atoms with Crippen molar-refractivity contribution in [2.75, 3.05) is 0 Å². The lowest BCUT2D eigenvalue weighted by molar-refractivity contribution is -0.136. The van der Waals surface area contributed by atoms with E-state index in [1.807, 2.05) is 6.08 Å². The van der Waals surface area contributed by atoms with Gasteiger partial charge >= 0.3 is 5.97 Å². The molecule has 0 aliphatic heterocycles. The van der Waals surface area contributed by atoms with Gasteiger partial charge < -0.3 is 10.2 Å². The molecule has 19 heavy (non-hydrogen) atoms. The van der Waals surface area contributed by atoms with Crippen LogP contribution in [0.1, 0.15) is 51.9 Å². The van der Waals surface area contributed by atoms with Crippen molar-refractivity contribution in [3.05, 3.63) is 36.5 Å². The molecule has 0 aliphatic rings. The number of carbonyl (C=O) groups is 1. The third-order valence-corrected chi connectivity index (χ3v) is 2.62. The third-order valence-electron chi connectivity index (χ3n) is 2.62. The van der Waals surface area contributed by atoms with E-state index in [4.69, 9.17) is 5.11 Å². The zero-order valence-electron chi connectivity index (χ0n) is 11.8. The third kappa shape index (κ3) is 14.6. The molecule has 0 rings (SSSR count). The van der Waals surface area contributed by atoms with Crippen LogP contribution in [0, 0.1) is 0 Å². The van der Waals surface area contributed by atoms with Gasteiger partial charge in [-0.1, -0.05) is 56.2 Å². The van der Waals surface area contributed by atoms with Crippen LogP contribution in [-0.4, -0.2) is 22.3 Å². The van der Waals surface area contributed by atoms with E-state index in [0.29, 0.717) is 12.8 Å². The minimum absolute atomic E-state index is 0.146. The summed E-state index contributed by atoms with van der Waals surface area (Å²) in [5.74, 6) is -0.790. The molecule has 0 heterocycles. The Hall–Kier alpha value is -1.35. The summed E-state index contributed by atoms with van der Waals surface area (Å²) < 4.78 is 0. The summed E-state index contributed by atoms with van der Waals surface area (Å²) in [4.78, 5) is 10.3. The second kappa shape index (κ2) is 13.1. The molecule has 0 spiro atoms. The molecule has 0 aliphatic carbocycles. The van der Waals surface area contributed by atoms with Crippen molar-refractivity contribution < 1.29 is 15.0 Å². The van der Waals surface area contributed by atoms with Gasteiger partial charge in [0.15, 0.2) is 0 Å². The molecule has 108 valence electrons. The Morgan fingerprint density at radius 1 is 1.11 bits per heavy atom. The Morgan fingerprint density at radius 2 is 1.89 bits per heavy atom. The number of aliphatic hydroxyl groups excluding tert-OH is 1. The van der Waals surface area contributed by atoms with E-state index in [2.05, 4.69) is 13.0 Å². The standard InChI is InChI=1S/C16H26O3/c1-2-3-4-5-6-9-12-15(17)13-10-7-8-11-14-16(18)19/h6-10,13,15,17H,2-5,11-12,14H2,1H3,(H,18,19)/b8-7+,9-6+,13-10+/t15-/m1/s1. The summed E-state index contributed by atoms with van der Waals surface area (Å²) in [6, 6.07) is 0. The molecule has 0 fully saturated rings. The quantitative estimate of drug-likeness (QED) is 0.339. The topological polar surface area (TPSA) is 57.5 Å². The first-order chi connectivity index (χ1) is 9.16. The molecule has 3 nitrogen and oxygen atoms in total. The number of carboxylic acid groups (broad SMARTS) is 1. The van der Waals surface area contributed by atoms with Gasteiger partial charge in [0.1, 0.15) is 0 Å². The van der Waals surface area contributed by atoms with Crippen molar-refractivity contribution >= 4 is 5.97 Å². The van der Waals surface area contributed by atoms with E-state index >= 15 is 0 Å². The number of hydrogen-bond donors (Lipinski definition) is 2. The smallest absolute Gasteiger partial charge is 0.303 e. The van der Waals surface area contributed by atoms with E-state index in [1.165, 1.54) is 19.3 Å². The lowest BCUT2D eigenvalue weighted by Gasteiger charge is -1.99. The van der Waals surface area contributed by atoms with Crippen LogP contribution in [0.15, 0.2) is 36.5 Å². The van der Waals surface area contributed by atoms with E-state index < -0.39 is 12.1 Å². The lowest BCUT2D eigenvalue weighted by atomic mass is 10.1. The fraction of sp³-hybridized carbons (Fsp3) is 0.562. The van der Waals surface area contributed by atoms with Gasteiger partial charge in [0.05, 0.1) is 6.10 Å². The average molecular weight is 266 g/mol. The largest absolute Gasteiger partial charge is 0.481 e. The van der Waals surface area contributed by atoms with Crippen LogP contribution in [0.3, 0.4) is 0 Å². The van der Waals surface area contributed by atoms with Crippen LogP contribution in [0.25, 0.3) is 0 Å². The molecule has 0 aromatic carbocycles. The number of aliphatic hydroxyl groups is 1.